The van der Waals surface area contributed by atoms with Gasteiger partial charge in [-0.15, -0.1) is 0 Å². The number of aliphatic carboxylic acids is 1. The Kier molecular flexibility index (Phi) is 6.78. The van der Waals surface area contributed by atoms with Crippen LogP contribution < -0.4 is 4.74 Å². The lowest BCUT2D eigenvalue weighted by atomic mass is 10.2. The molecule has 0 aromatic heterocycles. The van der Waals surface area contributed by atoms with E-state index in [9.17, 15) is 9.59 Å². The lowest BCUT2D eigenvalue weighted by Gasteiger charge is -2.27. The second-order valence-electron chi connectivity index (χ2n) is 4.49. The van der Waals surface area contributed by atoms with Crippen LogP contribution >= 0.6 is 23.2 Å². The van der Waals surface area contributed by atoms with Crippen molar-refractivity contribution < 1.29 is 19.4 Å². The number of carboxylic acids is 1. The normalized spacial score (nSPS) is 11.8. The highest BCUT2D eigenvalue weighted by atomic mass is 35.5. The Balaban J connectivity index is 2.66. The zero-order valence-electron chi connectivity index (χ0n) is 11.8. The smallest absolute Gasteiger partial charge is 0.305 e. The van der Waals surface area contributed by atoms with Crippen LogP contribution in [0.4, 0.5) is 0 Å². The number of likely N-dealkylation sites (N-methyl/N-ethyl adjacent to an activating group) is 1. The van der Waals surface area contributed by atoms with E-state index >= 15 is 0 Å². The Hall–Kier alpha value is -1.46. The van der Waals surface area contributed by atoms with E-state index in [1.165, 1.54) is 11.0 Å². The summed E-state index contributed by atoms with van der Waals surface area (Å²) in [7, 11) is 0. The maximum absolute atomic E-state index is 12.1. The number of carbonyl (C=O) groups is 2. The van der Waals surface area contributed by atoms with Crippen LogP contribution in [-0.4, -0.2) is 41.1 Å². The molecule has 0 aliphatic rings. The van der Waals surface area contributed by atoms with Crippen molar-refractivity contribution in [3.63, 3.8) is 0 Å². The molecule has 0 saturated carbocycles. The van der Waals surface area contributed by atoms with Crippen molar-refractivity contribution in [1.29, 1.82) is 0 Å². The predicted molar refractivity (Wildman–Crippen MR) is 81.1 cm³/mol. The molecule has 1 N–H and O–H groups in total. The molecular formula is C14H17Cl2NO4. The van der Waals surface area contributed by atoms with E-state index in [0.717, 1.165) is 0 Å². The van der Waals surface area contributed by atoms with Crippen molar-refractivity contribution in [3.8, 4) is 5.75 Å². The predicted octanol–water partition coefficient (Wildman–Crippen LogP) is 3.08. The van der Waals surface area contributed by atoms with Crippen LogP contribution in [0.1, 0.15) is 20.3 Å². The molecule has 0 spiro atoms. The number of nitrogens with zero attached hydrogens (tertiary/aromatic N) is 1. The second kappa shape index (κ2) is 8.10. The molecular weight excluding hydrogens is 317 g/mol. The third-order valence-electron chi connectivity index (χ3n) is 2.91. The summed E-state index contributed by atoms with van der Waals surface area (Å²) < 4.78 is 5.36. The molecule has 1 aromatic carbocycles. The van der Waals surface area contributed by atoms with Gasteiger partial charge in [0.05, 0.1) is 11.4 Å². The summed E-state index contributed by atoms with van der Waals surface area (Å²) in [5.41, 5.74) is 0. The number of carbonyl (C=O) groups excluding carboxylic acids is 1. The van der Waals surface area contributed by atoms with Crippen molar-refractivity contribution in [2.45, 2.75) is 26.3 Å². The van der Waals surface area contributed by atoms with Crippen LogP contribution in [-0.2, 0) is 9.59 Å². The molecule has 21 heavy (non-hydrogen) atoms. The van der Waals surface area contributed by atoms with Crippen molar-refractivity contribution >= 4 is 35.1 Å². The highest BCUT2D eigenvalue weighted by molar-refractivity contribution is 6.34. The average molecular weight is 334 g/mol. The first-order valence-electron chi connectivity index (χ1n) is 6.44. The molecule has 7 heteroatoms. The quantitative estimate of drug-likeness (QED) is 0.832. The zero-order chi connectivity index (χ0) is 16.0. The third-order valence-corrected chi connectivity index (χ3v) is 3.45. The lowest BCUT2D eigenvalue weighted by molar-refractivity contribution is -0.141. The van der Waals surface area contributed by atoms with Gasteiger partial charge in [-0.2, -0.15) is 0 Å². The Morgan fingerprint density at radius 2 is 2.05 bits per heavy atom. The number of halogens is 2. The molecule has 1 atom stereocenters. The maximum Gasteiger partial charge on any atom is 0.305 e. The van der Waals surface area contributed by atoms with Crippen LogP contribution in [0.3, 0.4) is 0 Å². The van der Waals surface area contributed by atoms with E-state index in [1.54, 1.807) is 26.0 Å². The summed E-state index contributed by atoms with van der Waals surface area (Å²) in [5, 5.41) is 9.59. The number of hydrogen-bond donors (Lipinski definition) is 1. The Bertz CT molecular complexity index is 522. The van der Waals surface area contributed by atoms with E-state index < -0.39 is 12.0 Å². The standard InChI is InChI=1S/C14H17Cl2NO4/c1-3-17(9(2)6-14(19)20)13(18)8-21-12-7-10(15)4-5-11(12)16/h4-5,7,9H,3,6,8H2,1-2H3,(H,19,20). The van der Waals surface area contributed by atoms with Crippen molar-refractivity contribution in [1.82, 2.24) is 4.90 Å². The molecule has 5 nitrogen and oxygen atoms in total. The molecule has 1 amide bonds. The third kappa shape index (κ3) is 5.44. The van der Waals surface area contributed by atoms with Gasteiger partial charge in [-0.1, -0.05) is 23.2 Å². The molecule has 1 rings (SSSR count). The number of ether oxygens (including phenoxy) is 1. The number of benzene rings is 1. The van der Waals surface area contributed by atoms with E-state index in [1.807, 2.05) is 0 Å². The Morgan fingerprint density at radius 1 is 1.38 bits per heavy atom. The minimum absolute atomic E-state index is 0.114. The highest BCUT2D eigenvalue weighted by Gasteiger charge is 2.21. The van der Waals surface area contributed by atoms with Gasteiger partial charge in [-0.3, -0.25) is 9.59 Å². The van der Waals surface area contributed by atoms with Crippen molar-refractivity contribution in [2.24, 2.45) is 0 Å². The number of amides is 1. The van der Waals surface area contributed by atoms with Gasteiger partial charge in [-0.05, 0) is 26.0 Å². The van der Waals surface area contributed by atoms with E-state index in [0.29, 0.717) is 22.3 Å². The Labute approximate surface area is 133 Å². The van der Waals surface area contributed by atoms with Gasteiger partial charge >= 0.3 is 5.97 Å². The minimum Gasteiger partial charge on any atom is -0.482 e. The zero-order valence-corrected chi connectivity index (χ0v) is 13.3. The molecule has 0 fully saturated rings. The summed E-state index contributed by atoms with van der Waals surface area (Å²) in [5.74, 6) is -0.936. The van der Waals surface area contributed by atoms with Gasteiger partial charge < -0.3 is 14.7 Å². The number of carboxylic acid groups (broad SMARTS) is 1. The molecule has 1 unspecified atom stereocenters. The van der Waals surface area contributed by atoms with Gasteiger partial charge in [0.15, 0.2) is 6.61 Å². The topological polar surface area (TPSA) is 66.8 Å². The fourth-order valence-corrected chi connectivity index (χ4v) is 2.24. The van der Waals surface area contributed by atoms with Crippen LogP contribution in [0.25, 0.3) is 0 Å². The monoisotopic (exact) mass is 333 g/mol. The van der Waals surface area contributed by atoms with Gasteiger partial charge in [0, 0.05) is 23.7 Å². The summed E-state index contributed by atoms with van der Waals surface area (Å²) in [6.45, 7) is 3.64. The fourth-order valence-electron chi connectivity index (χ4n) is 1.91. The lowest BCUT2D eigenvalue weighted by Crippen LogP contribution is -2.42. The SMILES string of the molecule is CCN(C(=O)COc1cc(Cl)ccc1Cl)C(C)CC(=O)O. The van der Waals surface area contributed by atoms with Gasteiger partial charge in [-0.25, -0.2) is 0 Å². The largest absolute Gasteiger partial charge is 0.482 e. The number of hydrogen-bond acceptors (Lipinski definition) is 3. The molecule has 0 heterocycles. The molecule has 0 bridgehead atoms. The molecule has 0 aliphatic heterocycles. The summed E-state index contributed by atoms with van der Waals surface area (Å²) >= 11 is 11.8. The summed E-state index contributed by atoms with van der Waals surface area (Å²) in [6.07, 6.45) is -0.114. The maximum atomic E-state index is 12.1. The van der Waals surface area contributed by atoms with Crippen LogP contribution in [0.15, 0.2) is 18.2 Å². The van der Waals surface area contributed by atoms with Gasteiger partial charge in [0.25, 0.3) is 5.91 Å². The molecule has 0 saturated heterocycles. The van der Waals surface area contributed by atoms with Crippen LogP contribution in [0.5, 0.6) is 5.75 Å². The summed E-state index contributed by atoms with van der Waals surface area (Å²) in [6, 6.07) is 4.31. The first kappa shape index (κ1) is 17.6. The van der Waals surface area contributed by atoms with E-state index in [2.05, 4.69) is 0 Å². The molecule has 0 radical (unpaired) electrons. The van der Waals surface area contributed by atoms with Crippen molar-refractivity contribution in [3.05, 3.63) is 28.2 Å². The highest BCUT2D eigenvalue weighted by Crippen LogP contribution is 2.27. The first-order chi connectivity index (χ1) is 9.85. The number of rotatable bonds is 7. The average Bonchev–Trinajstić information content (AvgIpc) is 2.39. The first-order valence-corrected chi connectivity index (χ1v) is 7.19. The van der Waals surface area contributed by atoms with E-state index in [4.69, 9.17) is 33.0 Å². The van der Waals surface area contributed by atoms with Crippen molar-refractivity contribution in [2.75, 3.05) is 13.2 Å². The molecule has 0 aliphatic carbocycles. The fraction of sp³-hybridized carbons (Fsp3) is 0.429. The van der Waals surface area contributed by atoms with Crippen LogP contribution in [0.2, 0.25) is 10.0 Å². The summed E-state index contributed by atoms with van der Waals surface area (Å²) in [4.78, 5) is 24.3. The molecule has 116 valence electrons. The van der Waals surface area contributed by atoms with Crippen LogP contribution in [0, 0.1) is 0 Å². The van der Waals surface area contributed by atoms with Gasteiger partial charge in [0.2, 0.25) is 0 Å². The molecule has 1 aromatic rings. The second-order valence-corrected chi connectivity index (χ2v) is 5.33. The van der Waals surface area contributed by atoms with Gasteiger partial charge in [0.1, 0.15) is 5.75 Å². The van der Waals surface area contributed by atoms with E-state index in [-0.39, 0.29) is 18.9 Å². The Morgan fingerprint density at radius 3 is 2.62 bits per heavy atom. The minimum atomic E-state index is -0.951.